The van der Waals surface area contributed by atoms with Crippen LogP contribution in [-0.2, 0) is 119 Å². The maximum atomic E-state index is 10.8. The van der Waals surface area contributed by atoms with E-state index in [2.05, 4.69) is 105 Å². The quantitative estimate of drug-likeness (QED) is 0.0295. The summed E-state index contributed by atoms with van der Waals surface area (Å²) in [6.45, 7) is 8.04. The minimum Gasteiger partial charge on any atom is -0.819 e. The summed E-state index contributed by atoms with van der Waals surface area (Å²) in [5, 5.41) is 0. The van der Waals surface area contributed by atoms with Crippen LogP contribution in [0.25, 0.3) is 0 Å². The van der Waals surface area contributed by atoms with Crippen molar-refractivity contribution in [1.29, 1.82) is 0 Å². The van der Waals surface area contributed by atoms with E-state index < -0.39 is 17.1 Å². The van der Waals surface area contributed by atoms with Crippen molar-refractivity contribution in [2.45, 2.75) is 175 Å². The molecule has 288 valence electrons. The fourth-order valence-corrected chi connectivity index (χ4v) is 6.64. The van der Waals surface area contributed by atoms with Crippen LogP contribution < -0.4 is 14.7 Å². The van der Waals surface area contributed by atoms with Crippen molar-refractivity contribution in [3.63, 3.8) is 0 Å². The molecule has 18 heteroatoms. The van der Waals surface area contributed by atoms with Gasteiger partial charge in [-0.15, -0.1) is 52.5 Å². The molecule has 0 saturated carbocycles. The second kappa shape index (κ2) is 46.6. The molecule has 0 fully saturated rings. The van der Waals surface area contributed by atoms with Crippen LogP contribution in [0.15, 0.2) is 0 Å². The molecule has 0 rings (SSSR count). The van der Waals surface area contributed by atoms with Gasteiger partial charge in [-0.25, -0.2) is 0 Å². The van der Waals surface area contributed by atoms with E-state index in [0.717, 1.165) is 38.5 Å². The average Bonchev–Trinajstić information content (AvgIpc) is 2.99. The second-order valence-electron chi connectivity index (χ2n) is 11.3. The Labute approximate surface area is 346 Å². The Morgan fingerprint density at radius 1 is 0.396 bits per heavy atom. The summed E-state index contributed by atoms with van der Waals surface area (Å²) in [4.78, 5) is 32.5. The first-order chi connectivity index (χ1) is 22.2. The van der Waals surface area contributed by atoms with E-state index in [9.17, 15) is 14.7 Å². The van der Waals surface area contributed by atoms with Crippen LogP contribution in [0, 0.1) is 0 Å². The first-order valence-corrected chi connectivity index (χ1v) is 28.6. The third-order valence-electron chi connectivity index (χ3n) is 6.74. The van der Waals surface area contributed by atoms with Gasteiger partial charge in [-0.2, -0.15) is 4.21 Å². The predicted octanol–water partition coefficient (Wildman–Crippen LogP) is 9.49. The molecule has 0 radical (unpaired) electrons. The molecule has 3 atom stereocenters. The summed E-state index contributed by atoms with van der Waals surface area (Å²) in [6, 6.07) is 0. The molecular formula is C30H63MoO7P3S7. The largest absolute Gasteiger partial charge is 6.00 e. The fraction of sp³-hybridized carbons (Fsp3) is 1.00. The number of hydrogen-bond acceptors (Lipinski definition) is 14. The molecule has 0 aliphatic heterocycles. The third kappa shape index (κ3) is 74.6. The van der Waals surface area contributed by atoms with Crippen molar-refractivity contribution in [3.8, 4) is 0 Å². The molecule has 0 heterocycles. The molecule has 0 bridgehead atoms. The molecule has 0 saturated heterocycles. The van der Waals surface area contributed by atoms with E-state index in [-0.39, 0.29) is 21.1 Å². The van der Waals surface area contributed by atoms with E-state index in [0.29, 0.717) is 19.8 Å². The summed E-state index contributed by atoms with van der Waals surface area (Å²) in [6.07, 6.45) is 29.6. The summed E-state index contributed by atoms with van der Waals surface area (Å²) in [5.41, 5.74) is -9.21. The Kier molecular flexibility index (Phi) is 59.0. The Hall–Kier alpha value is 3.47. The minimum atomic E-state index is -3.07. The number of unbranched alkanes of at least 4 members (excludes halogenated alkanes) is 21. The molecule has 0 aromatic rings. The van der Waals surface area contributed by atoms with Gasteiger partial charge in [0.25, 0.3) is 0 Å². The molecular weight excluding hydrogens is 886 g/mol. The summed E-state index contributed by atoms with van der Waals surface area (Å²) < 4.78 is 22.4. The molecule has 0 aromatic carbocycles. The monoisotopic (exact) mass is 950 g/mol. The van der Waals surface area contributed by atoms with Crippen LogP contribution >= 0.6 is 17.1 Å². The van der Waals surface area contributed by atoms with E-state index >= 15 is 0 Å². The Morgan fingerprint density at radius 3 is 0.688 bits per heavy atom. The fourth-order valence-electron chi connectivity index (χ4n) is 4.24. The smallest absolute Gasteiger partial charge is 0.819 e. The van der Waals surface area contributed by atoms with Crippen LogP contribution in [-0.4, -0.2) is 24.0 Å². The molecule has 0 aromatic heterocycles. The Morgan fingerprint density at radius 2 is 0.542 bits per heavy atom. The van der Waals surface area contributed by atoms with E-state index in [1.807, 2.05) is 0 Å². The predicted molar refractivity (Wildman–Crippen MR) is 219 cm³/mol. The van der Waals surface area contributed by atoms with Gasteiger partial charge < -0.3 is 65.0 Å². The molecule has 0 spiro atoms. The zero-order chi connectivity index (χ0) is 36.7. The van der Waals surface area contributed by atoms with E-state index in [1.165, 1.54) is 116 Å². The second-order valence-corrected chi connectivity index (χ2v) is 25.5. The van der Waals surface area contributed by atoms with Crippen LogP contribution in [0.1, 0.15) is 175 Å². The van der Waals surface area contributed by atoms with Crippen LogP contribution in [0.4, 0.5) is 0 Å². The van der Waals surface area contributed by atoms with Crippen molar-refractivity contribution >= 4 is 102 Å². The molecule has 0 aliphatic rings. The molecule has 48 heavy (non-hydrogen) atoms. The Bertz CT molecular complexity index is 669. The number of rotatable bonds is 30. The summed E-state index contributed by atoms with van der Waals surface area (Å²) in [5.74, 6) is 0. The topological polar surface area (TPSA) is 114 Å². The van der Waals surface area contributed by atoms with Crippen molar-refractivity contribution < 1.29 is 53.5 Å². The third-order valence-corrected chi connectivity index (χ3v) is 10.1. The van der Waals surface area contributed by atoms with Crippen molar-refractivity contribution in [2.75, 3.05) is 19.8 Å². The molecule has 0 N–H and O–H groups in total. The molecule has 7 nitrogen and oxygen atoms in total. The van der Waals surface area contributed by atoms with Gasteiger partial charge in [-0.3, -0.25) is 0 Å². The van der Waals surface area contributed by atoms with Crippen LogP contribution in [0.3, 0.4) is 0 Å². The van der Waals surface area contributed by atoms with E-state index in [4.69, 9.17) is 17.8 Å². The SMILES string of the molecule is CCCCCCCCCCOP([O-])(=S)[S-].CCCCCCCCCCOP([O-])(=S)[S-].CCCCCCCCCCOP([O-])(=S)[S-].O=S.[Mo+6]. The zero-order valence-electron chi connectivity index (χ0n) is 29.6. The van der Waals surface area contributed by atoms with E-state index in [1.54, 1.807) is 0 Å². The van der Waals surface area contributed by atoms with Crippen molar-refractivity contribution in [2.24, 2.45) is 0 Å². The van der Waals surface area contributed by atoms with Gasteiger partial charge in [0.2, 0.25) is 0 Å². The van der Waals surface area contributed by atoms with Crippen molar-refractivity contribution in [1.82, 2.24) is 0 Å². The van der Waals surface area contributed by atoms with Gasteiger partial charge in [0, 0.05) is 19.8 Å². The van der Waals surface area contributed by atoms with Crippen LogP contribution in [0.5, 0.6) is 0 Å². The Balaban J connectivity index is -0.000000186. The van der Waals surface area contributed by atoms with Crippen LogP contribution in [0.2, 0.25) is 0 Å². The van der Waals surface area contributed by atoms with Gasteiger partial charge >= 0.3 is 21.1 Å². The average molecular weight is 949 g/mol. The minimum absolute atomic E-state index is 0. The van der Waals surface area contributed by atoms with Gasteiger partial charge in [-0.05, 0) is 19.3 Å². The van der Waals surface area contributed by atoms with Gasteiger partial charge in [0.15, 0.2) is 12.5 Å². The first kappa shape index (κ1) is 60.7. The van der Waals surface area contributed by atoms with Gasteiger partial charge in [-0.1, -0.05) is 156 Å². The molecule has 0 amide bonds. The summed E-state index contributed by atoms with van der Waals surface area (Å²) >= 11 is 29.7. The molecule has 0 aliphatic carbocycles. The zero-order valence-corrected chi connectivity index (χ0v) is 40.0. The number of hydrogen-bond donors (Lipinski definition) is 0. The normalized spacial score (nSPS) is 14.3. The molecule has 3 unspecified atom stereocenters. The van der Waals surface area contributed by atoms with Gasteiger partial charge in [0.1, 0.15) is 0 Å². The standard InChI is InChI=1S/3C10H23O2PS2.Mo.OS/c3*1-2-3-4-5-6-7-8-9-10-12-13(11,14)15;;1-2/h3*2-10H2,1H3,(H2,11,14,15);;/q;;;+6;/p-6. The summed E-state index contributed by atoms with van der Waals surface area (Å²) in [7, 11) is 0. The maximum absolute atomic E-state index is 10.8. The van der Waals surface area contributed by atoms with Crippen molar-refractivity contribution in [3.05, 3.63) is 0 Å². The maximum Gasteiger partial charge on any atom is 6.00 e. The van der Waals surface area contributed by atoms with Gasteiger partial charge in [0.05, 0.1) is 0 Å². The first-order valence-electron chi connectivity index (χ1n) is 17.3.